The molecule has 0 saturated heterocycles. The van der Waals surface area contributed by atoms with Gasteiger partial charge in [-0.3, -0.25) is 4.79 Å². The number of para-hydroxylation sites is 1. The average Bonchev–Trinajstić information content (AvgIpc) is 2.86. The number of rotatable bonds is 9. The molecule has 4 aromatic rings. The van der Waals surface area contributed by atoms with Crippen LogP contribution in [0.1, 0.15) is 5.56 Å². The zero-order valence-corrected chi connectivity index (χ0v) is 20.2. The molecule has 0 aromatic heterocycles. The largest absolute Gasteiger partial charge is 0.457 e. The fourth-order valence-electron chi connectivity index (χ4n) is 3.37. The Balaban J connectivity index is 1.50. The van der Waals surface area contributed by atoms with E-state index >= 15 is 0 Å². The monoisotopic (exact) mass is 506 g/mol. The van der Waals surface area contributed by atoms with E-state index in [4.69, 9.17) is 16.3 Å². The number of amides is 1. The van der Waals surface area contributed by atoms with Gasteiger partial charge in [0.05, 0.1) is 4.90 Å². The van der Waals surface area contributed by atoms with Crippen LogP contribution in [0, 0.1) is 0 Å². The summed E-state index contributed by atoms with van der Waals surface area (Å²) in [7, 11) is -3.96. The standard InChI is InChI=1S/C27H23ClN2O4S/c28-21-11-17-25(18-12-21)35(32,33)30-26(19-20-7-3-1-4-8-20)27(31)29-22-13-15-24(16-14-22)34-23-9-5-2-6-10-23/h1-18,26,30H,19H2,(H,29,31)/t26-/m0/s1. The SMILES string of the molecule is O=C(Nc1ccc(Oc2ccccc2)cc1)[C@H](Cc1ccccc1)NS(=O)(=O)c1ccc(Cl)cc1. The van der Waals surface area contributed by atoms with E-state index in [2.05, 4.69) is 10.0 Å². The van der Waals surface area contributed by atoms with Gasteiger partial charge in [0, 0.05) is 10.7 Å². The zero-order chi connectivity index (χ0) is 24.7. The number of carbonyl (C=O) groups is 1. The van der Waals surface area contributed by atoms with Crippen molar-refractivity contribution in [2.24, 2.45) is 0 Å². The highest BCUT2D eigenvalue weighted by atomic mass is 35.5. The van der Waals surface area contributed by atoms with E-state index in [1.54, 1.807) is 24.3 Å². The Morgan fingerprint density at radius 2 is 1.34 bits per heavy atom. The molecule has 4 rings (SSSR count). The van der Waals surface area contributed by atoms with Crippen LogP contribution in [-0.4, -0.2) is 20.4 Å². The van der Waals surface area contributed by atoms with Gasteiger partial charge in [-0.25, -0.2) is 8.42 Å². The smallest absolute Gasteiger partial charge is 0.242 e. The van der Waals surface area contributed by atoms with Crippen molar-refractivity contribution in [1.29, 1.82) is 0 Å². The molecule has 0 aliphatic rings. The molecule has 0 bridgehead atoms. The van der Waals surface area contributed by atoms with Gasteiger partial charge in [0.25, 0.3) is 0 Å². The van der Waals surface area contributed by atoms with Crippen LogP contribution in [0.15, 0.2) is 114 Å². The van der Waals surface area contributed by atoms with Gasteiger partial charge < -0.3 is 10.1 Å². The van der Waals surface area contributed by atoms with Crippen molar-refractivity contribution in [3.05, 3.63) is 120 Å². The summed E-state index contributed by atoms with van der Waals surface area (Å²) in [5, 5.41) is 3.21. The number of hydrogen-bond donors (Lipinski definition) is 2. The normalized spacial score (nSPS) is 12.0. The average molecular weight is 507 g/mol. The van der Waals surface area contributed by atoms with E-state index in [-0.39, 0.29) is 11.3 Å². The first-order valence-corrected chi connectivity index (χ1v) is 12.7. The lowest BCUT2D eigenvalue weighted by atomic mass is 10.1. The molecular formula is C27H23ClN2O4S. The summed E-state index contributed by atoms with van der Waals surface area (Å²) in [5.74, 6) is 0.824. The number of nitrogens with one attached hydrogen (secondary N) is 2. The first-order chi connectivity index (χ1) is 16.9. The van der Waals surface area contributed by atoms with Crippen molar-refractivity contribution in [3.63, 3.8) is 0 Å². The molecule has 35 heavy (non-hydrogen) atoms. The van der Waals surface area contributed by atoms with Crippen LogP contribution in [0.3, 0.4) is 0 Å². The van der Waals surface area contributed by atoms with E-state index in [0.29, 0.717) is 22.2 Å². The van der Waals surface area contributed by atoms with Gasteiger partial charge in [0.15, 0.2) is 0 Å². The maximum Gasteiger partial charge on any atom is 0.242 e. The molecule has 0 heterocycles. The van der Waals surface area contributed by atoms with E-state index in [0.717, 1.165) is 5.56 Å². The van der Waals surface area contributed by atoms with E-state index in [9.17, 15) is 13.2 Å². The Morgan fingerprint density at radius 3 is 1.97 bits per heavy atom. The number of halogens is 1. The molecule has 2 N–H and O–H groups in total. The van der Waals surface area contributed by atoms with E-state index in [1.165, 1.54) is 24.3 Å². The molecule has 0 aliphatic heterocycles. The highest BCUT2D eigenvalue weighted by molar-refractivity contribution is 7.89. The Morgan fingerprint density at radius 1 is 0.771 bits per heavy atom. The maximum atomic E-state index is 13.2. The van der Waals surface area contributed by atoms with Crippen molar-refractivity contribution in [2.75, 3.05) is 5.32 Å². The molecule has 178 valence electrons. The molecule has 0 saturated carbocycles. The molecule has 0 fully saturated rings. The lowest BCUT2D eigenvalue weighted by Crippen LogP contribution is -2.45. The van der Waals surface area contributed by atoms with Gasteiger partial charge in [-0.2, -0.15) is 4.72 Å². The Hall–Kier alpha value is -3.65. The maximum absolute atomic E-state index is 13.2. The third-order valence-corrected chi connectivity index (χ3v) is 6.86. The number of anilines is 1. The minimum absolute atomic E-state index is 0.0233. The van der Waals surface area contributed by atoms with E-state index in [1.807, 2.05) is 60.7 Å². The molecule has 0 radical (unpaired) electrons. The van der Waals surface area contributed by atoms with Crippen LogP contribution in [0.2, 0.25) is 5.02 Å². The summed E-state index contributed by atoms with van der Waals surface area (Å²) in [6.07, 6.45) is 0.175. The Kier molecular flexibility index (Phi) is 7.82. The molecule has 0 aliphatic carbocycles. The molecule has 6 nitrogen and oxygen atoms in total. The molecule has 1 amide bonds. The fraction of sp³-hybridized carbons (Fsp3) is 0.0741. The number of ether oxygens (including phenoxy) is 1. The highest BCUT2D eigenvalue weighted by Crippen LogP contribution is 2.23. The molecule has 0 spiro atoms. The number of sulfonamides is 1. The molecule has 0 unspecified atom stereocenters. The Labute approximate surface area is 209 Å². The second kappa shape index (κ2) is 11.2. The van der Waals surface area contributed by atoms with Crippen molar-refractivity contribution in [2.45, 2.75) is 17.4 Å². The van der Waals surface area contributed by atoms with Crippen LogP contribution < -0.4 is 14.8 Å². The molecule has 8 heteroatoms. The van der Waals surface area contributed by atoms with Gasteiger partial charge >= 0.3 is 0 Å². The van der Waals surface area contributed by atoms with Gasteiger partial charge in [0.2, 0.25) is 15.9 Å². The van der Waals surface area contributed by atoms with Crippen LogP contribution >= 0.6 is 11.6 Å². The highest BCUT2D eigenvalue weighted by Gasteiger charge is 2.26. The first kappa shape index (κ1) is 24.5. The lowest BCUT2D eigenvalue weighted by molar-refractivity contribution is -0.117. The summed E-state index contributed by atoms with van der Waals surface area (Å²) in [6, 6.07) is 30.1. The second-order valence-corrected chi connectivity index (χ2v) is 9.90. The fourth-order valence-corrected chi connectivity index (χ4v) is 4.69. The number of benzene rings is 4. The van der Waals surface area contributed by atoms with Crippen LogP contribution in [0.25, 0.3) is 0 Å². The predicted molar refractivity (Wildman–Crippen MR) is 137 cm³/mol. The van der Waals surface area contributed by atoms with Crippen molar-refractivity contribution < 1.29 is 17.9 Å². The number of hydrogen-bond acceptors (Lipinski definition) is 4. The Bertz CT molecular complexity index is 1360. The zero-order valence-electron chi connectivity index (χ0n) is 18.6. The van der Waals surface area contributed by atoms with Gasteiger partial charge in [-0.1, -0.05) is 60.1 Å². The minimum Gasteiger partial charge on any atom is -0.457 e. The van der Waals surface area contributed by atoms with E-state index < -0.39 is 22.0 Å². The summed E-state index contributed by atoms with van der Waals surface area (Å²) in [5.41, 5.74) is 1.33. The van der Waals surface area contributed by atoms with Crippen LogP contribution in [0.5, 0.6) is 11.5 Å². The van der Waals surface area contributed by atoms with Crippen LogP contribution in [-0.2, 0) is 21.2 Å². The summed E-state index contributed by atoms with van der Waals surface area (Å²) in [6.45, 7) is 0. The quantitative estimate of drug-likeness (QED) is 0.307. The number of carbonyl (C=O) groups excluding carboxylic acids is 1. The lowest BCUT2D eigenvalue weighted by Gasteiger charge is -2.19. The van der Waals surface area contributed by atoms with Crippen molar-refractivity contribution in [1.82, 2.24) is 4.72 Å². The van der Waals surface area contributed by atoms with Crippen molar-refractivity contribution in [3.8, 4) is 11.5 Å². The first-order valence-electron chi connectivity index (χ1n) is 10.8. The molecule has 1 atom stereocenters. The summed E-state index contributed by atoms with van der Waals surface area (Å²) >= 11 is 5.88. The van der Waals surface area contributed by atoms with Crippen molar-refractivity contribution >= 4 is 33.2 Å². The molecular weight excluding hydrogens is 484 g/mol. The third kappa shape index (κ3) is 6.93. The predicted octanol–water partition coefficient (Wildman–Crippen LogP) is 5.66. The molecule has 4 aromatic carbocycles. The summed E-state index contributed by atoms with van der Waals surface area (Å²) < 4.78 is 34.2. The van der Waals surface area contributed by atoms with Gasteiger partial charge in [-0.15, -0.1) is 0 Å². The second-order valence-electron chi connectivity index (χ2n) is 7.75. The van der Waals surface area contributed by atoms with Gasteiger partial charge in [0.1, 0.15) is 17.5 Å². The van der Waals surface area contributed by atoms with Gasteiger partial charge in [-0.05, 0) is 72.6 Å². The minimum atomic E-state index is -3.96. The van der Waals surface area contributed by atoms with Crippen LogP contribution in [0.4, 0.5) is 5.69 Å². The topological polar surface area (TPSA) is 84.5 Å². The third-order valence-electron chi connectivity index (χ3n) is 5.12. The summed E-state index contributed by atoms with van der Waals surface area (Å²) in [4.78, 5) is 13.2.